The third-order valence-electron chi connectivity index (χ3n) is 4.50. The molecule has 2 aromatic heterocycles. The molecule has 0 radical (unpaired) electrons. The van der Waals surface area contributed by atoms with Crippen molar-refractivity contribution in [2.75, 3.05) is 5.32 Å². The third kappa shape index (κ3) is 6.76. The molecule has 0 spiro atoms. The van der Waals surface area contributed by atoms with Gasteiger partial charge in [-0.15, -0.1) is 0 Å². The highest BCUT2D eigenvalue weighted by Crippen LogP contribution is 2.22. The highest BCUT2D eigenvalue weighted by atomic mass is 79.9. The molecule has 3 rings (SSSR count). The zero-order valence-corrected chi connectivity index (χ0v) is 20.1. The summed E-state index contributed by atoms with van der Waals surface area (Å²) in [6.45, 7) is 7.48. The van der Waals surface area contributed by atoms with Gasteiger partial charge in [-0.3, -0.25) is 4.79 Å². The normalized spacial score (nSPS) is 11.9. The summed E-state index contributed by atoms with van der Waals surface area (Å²) in [4.78, 5) is 25.3. The lowest BCUT2D eigenvalue weighted by Gasteiger charge is -2.18. The summed E-state index contributed by atoms with van der Waals surface area (Å²) < 4.78 is 27.4. The van der Waals surface area contributed by atoms with Crippen LogP contribution in [0.2, 0.25) is 0 Å². The number of hydrogen-bond acceptors (Lipinski definition) is 6. The second-order valence-corrected chi connectivity index (χ2v) is 7.53. The van der Waals surface area contributed by atoms with Crippen molar-refractivity contribution in [2.45, 2.75) is 39.8 Å². The minimum atomic E-state index is -1.01. The van der Waals surface area contributed by atoms with E-state index in [0.717, 1.165) is 17.7 Å². The smallest absolute Gasteiger partial charge is 0.274 e. The fourth-order valence-electron chi connectivity index (χ4n) is 2.77. The number of hydrogen-bond donors (Lipinski definition) is 2. The summed E-state index contributed by atoms with van der Waals surface area (Å²) in [6, 6.07) is 7.97. The van der Waals surface area contributed by atoms with Gasteiger partial charge in [0, 0.05) is 6.20 Å². The monoisotopic (exact) mass is 516 g/mol. The first-order chi connectivity index (χ1) is 15.8. The number of rotatable bonds is 6. The Hall–Kier alpha value is -3.45. The van der Waals surface area contributed by atoms with E-state index in [1.165, 1.54) is 12.3 Å². The van der Waals surface area contributed by atoms with Gasteiger partial charge in [0.25, 0.3) is 5.91 Å². The molecule has 2 unspecified atom stereocenters. The molecule has 0 saturated heterocycles. The predicted octanol–water partition coefficient (Wildman–Crippen LogP) is 5.47. The van der Waals surface area contributed by atoms with E-state index < -0.39 is 23.6 Å². The molecule has 0 aliphatic heterocycles. The molecule has 0 aliphatic carbocycles. The van der Waals surface area contributed by atoms with Crippen LogP contribution in [-0.4, -0.2) is 20.9 Å². The standard InChI is InChI=1S/C21H17BrF2N6O.C2H6/c1-11(13-3-5-16(23)17(24)7-13)29-21(31)19-20(27-10-15(8-25)30-19)28-12(2)14-4-6-18(22)26-9-14;1-2/h3-7,9-12H,1-2H3,(H,27,28)(H,29,31);1-2H3. The Kier molecular flexibility index (Phi) is 9.36. The predicted molar refractivity (Wildman–Crippen MR) is 124 cm³/mol. The van der Waals surface area contributed by atoms with Crippen molar-refractivity contribution in [3.05, 3.63) is 81.5 Å². The van der Waals surface area contributed by atoms with Crippen molar-refractivity contribution < 1.29 is 13.6 Å². The van der Waals surface area contributed by atoms with Crippen LogP contribution in [0.15, 0.2) is 47.3 Å². The second kappa shape index (κ2) is 12.0. The first-order valence-electron chi connectivity index (χ1n) is 10.2. The van der Waals surface area contributed by atoms with Crippen LogP contribution in [0, 0.1) is 23.0 Å². The lowest BCUT2D eigenvalue weighted by molar-refractivity contribution is 0.0935. The molecule has 3 aromatic rings. The maximum atomic E-state index is 13.5. The molecule has 0 bridgehead atoms. The molecule has 7 nitrogen and oxygen atoms in total. The number of benzene rings is 1. The Balaban J connectivity index is 0.00000187. The van der Waals surface area contributed by atoms with Gasteiger partial charge in [0.05, 0.1) is 18.3 Å². The number of anilines is 1. The van der Waals surface area contributed by atoms with Crippen LogP contribution in [0.1, 0.15) is 67.1 Å². The number of nitriles is 1. The van der Waals surface area contributed by atoms with Crippen molar-refractivity contribution >= 4 is 27.7 Å². The molecule has 10 heteroatoms. The van der Waals surface area contributed by atoms with E-state index in [0.29, 0.717) is 10.2 Å². The van der Waals surface area contributed by atoms with Gasteiger partial charge in [-0.1, -0.05) is 26.0 Å². The molecule has 0 fully saturated rings. The number of nitrogens with one attached hydrogen (secondary N) is 2. The van der Waals surface area contributed by atoms with Gasteiger partial charge < -0.3 is 10.6 Å². The summed E-state index contributed by atoms with van der Waals surface area (Å²) in [5.41, 5.74) is 1.09. The van der Waals surface area contributed by atoms with Gasteiger partial charge in [0.1, 0.15) is 10.7 Å². The molecule has 2 atom stereocenters. The van der Waals surface area contributed by atoms with Crippen molar-refractivity contribution in [3.63, 3.8) is 0 Å². The Morgan fingerprint density at radius 3 is 2.33 bits per heavy atom. The molecular weight excluding hydrogens is 494 g/mol. The highest BCUT2D eigenvalue weighted by molar-refractivity contribution is 9.10. The number of carbonyl (C=O) groups is 1. The molecule has 1 aromatic carbocycles. The summed E-state index contributed by atoms with van der Waals surface area (Å²) in [6.07, 6.45) is 2.92. The largest absolute Gasteiger partial charge is 0.362 e. The van der Waals surface area contributed by atoms with Crippen molar-refractivity contribution in [1.29, 1.82) is 5.26 Å². The van der Waals surface area contributed by atoms with Crippen LogP contribution in [0.4, 0.5) is 14.6 Å². The Labute approximate surface area is 199 Å². The van der Waals surface area contributed by atoms with Gasteiger partial charge in [0.15, 0.2) is 28.8 Å². The number of aromatic nitrogens is 3. The quantitative estimate of drug-likeness (QED) is 0.420. The number of carbonyl (C=O) groups excluding carboxylic acids is 1. The van der Waals surface area contributed by atoms with Crippen LogP contribution in [0.5, 0.6) is 0 Å². The number of pyridine rings is 1. The van der Waals surface area contributed by atoms with E-state index in [-0.39, 0.29) is 23.2 Å². The molecular formula is C23H23BrF2N6O. The molecule has 0 saturated carbocycles. The topological polar surface area (TPSA) is 104 Å². The maximum Gasteiger partial charge on any atom is 0.274 e. The van der Waals surface area contributed by atoms with Gasteiger partial charge >= 0.3 is 0 Å². The molecule has 0 aliphatic rings. The summed E-state index contributed by atoms with van der Waals surface area (Å²) in [7, 11) is 0. The Morgan fingerprint density at radius 1 is 1.03 bits per heavy atom. The van der Waals surface area contributed by atoms with Crippen LogP contribution in [0.25, 0.3) is 0 Å². The van der Waals surface area contributed by atoms with E-state index in [9.17, 15) is 13.6 Å². The first kappa shape index (κ1) is 25.8. The van der Waals surface area contributed by atoms with Crippen LogP contribution in [0.3, 0.4) is 0 Å². The molecule has 33 heavy (non-hydrogen) atoms. The summed E-state index contributed by atoms with van der Waals surface area (Å²) in [5.74, 6) is -2.43. The Bertz CT molecular complexity index is 1150. The van der Waals surface area contributed by atoms with E-state index in [2.05, 4.69) is 41.5 Å². The van der Waals surface area contributed by atoms with E-state index in [4.69, 9.17) is 5.26 Å². The van der Waals surface area contributed by atoms with Crippen molar-refractivity contribution in [3.8, 4) is 6.07 Å². The van der Waals surface area contributed by atoms with E-state index >= 15 is 0 Å². The minimum absolute atomic E-state index is 0.0332. The summed E-state index contributed by atoms with van der Waals surface area (Å²) in [5, 5.41) is 14.9. The number of halogens is 3. The van der Waals surface area contributed by atoms with Gasteiger partial charge in [0.2, 0.25) is 0 Å². The maximum absolute atomic E-state index is 13.5. The average Bonchev–Trinajstić information content (AvgIpc) is 2.82. The molecule has 2 N–H and O–H groups in total. The fourth-order valence-corrected chi connectivity index (χ4v) is 3.00. The lowest BCUT2D eigenvalue weighted by atomic mass is 10.1. The zero-order valence-electron chi connectivity index (χ0n) is 18.5. The van der Waals surface area contributed by atoms with Gasteiger partial charge in [-0.2, -0.15) is 5.26 Å². The van der Waals surface area contributed by atoms with E-state index in [1.807, 2.05) is 32.9 Å². The second-order valence-electron chi connectivity index (χ2n) is 6.71. The average molecular weight is 517 g/mol. The number of amides is 1. The Morgan fingerprint density at radius 2 is 1.73 bits per heavy atom. The van der Waals surface area contributed by atoms with Crippen molar-refractivity contribution in [1.82, 2.24) is 20.3 Å². The lowest BCUT2D eigenvalue weighted by Crippen LogP contribution is -2.29. The first-order valence-corrected chi connectivity index (χ1v) is 11.0. The number of nitrogens with zero attached hydrogens (tertiary/aromatic N) is 4. The van der Waals surface area contributed by atoms with Crippen LogP contribution >= 0.6 is 15.9 Å². The van der Waals surface area contributed by atoms with Gasteiger partial charge in [-0.05, 0) is 59.1 Å². The van der Waals surface area contributed by atoms with Crippen LogP contribution in [-0.2, 0) is 0 Å². The SMILES string of the molecule is CC.CC(NC(=O)c1nc(C#N)cnc1NC(C)c1ccc(Br)nc1)c1ccc(F)c(F)c1. The molecule has 1 amide bonds. The minimum Gasteiger partial charge on any atom is -0.362 e. The highest BCUT2D eigenvalue weighted by Gasteiger charge is 2.21. The zero-order chi connectivity index (χ0) is 24.5. The summed E-state index contributed by atoms with van der Waals surface area (Å²) >= 11 is 3.28. The van der Waals surface area contributed by atoms with Gasteiger partial charge in [-0.25, -0.2) is 23.7 Å². The van der Waals surface area contributed by atoms with Crippen LogP contribution < -0.4 is 10.6 Å². The fraction of sp³-hybridized carbons (Fsp3) is 0.261. The molecule has 2 heterocycles. The van der Waals surface area contributed by atoms with Crippen molar-refractivity contribution in [2.24, 2.45) is 0 Å². The van der Waals surface area contributed by atoms with E-state index in [1.54, 1.807) is 19.2 Å². The molecule has 172 valence electrons. The third-order valence-corrected chi connectivity index (χ3v) is 4.97.